The van der Waals surface area contributed by atoms with Gasteiger partial charge in [0.25, 0.3) is 0 Å². The lowest BCUT2D eigenvalue weighted by Crippen LogP contribution is -1.93. The Bertz CT molecular complexity index is 228. The van der Waals surface area contributed by atoms with E-state index >= 15 is 0 Å². The molecule has 13 heavy (non-hydrogen) atoms. The average Bonchev–Trinajstić information content (AvgIpc) is 2.05. The Hall–Kier alpha value is -0.430. The van der Waals surface area contributed by atoms with Gasteiger partial charge in [-0.3, -0.25) is 0 Å². The molecule has 0 aliphatic rings. The van der Waals surface area contributed by atoms with E-state index in [1.165, 1.54) is 16.1 Å². The predicted octanol–water partition coefficient (Wildman–Crippen LogP) is 4.41. The molecule has 0 saturated heterocycles. The quantitative estimate of drug-likeness (QED) is 0.600. The molecule has 0 atom stereocenters. The van der Waals surface area contributed by atoms with Gasteiger partial charge in [-0.1, -0.05) is 32.1 Å². The molecule has 1 heteroatoms. The second kappa shape index (κ2) is 6.09. The van der Waals surface area contributed by atoms with Crippen LogP contribution < -0.4 is 0 Å². The third-order valence-corrected chi connectivity index (χ3v) is 2.69. The third-order valence-electron chi connectivity index (χ3n) is 1.93. The highest BCUT2D eigenvalue weighted by Crippen LogP contribution is 2.22. The summed E-state index contributed by atoms with van der Waals surface area (Å²) in [7, 11) is 0. The van der Waals surface area contributed by atoms with E-state index < -0.39 is 0 Å². The monoisotopic (exact) mass is 196 g/mol. The maximum absolute atomic E-state index is 3.79. The van der Waals surface area contributed by atoms with Gasteiger partial charge in [0.05, 0.1) is 0 Å². The molecule has 0 heterocycles. The van der Waals surface area contributed by atoms with E-state index in [0.29, 0.717) is 5.92 Å². The summed E-state index contributed by atoms with van der Waals surface area (Å²) in [6.45, 7) is 12.6. The fourth-order valence-corrected chi connectivity index (χ4v) is 1.65. The van der Waals surface area contributed by atoms with Crippen LogP contribution in [0.2, 0.25) is 0 Å². The molecule has 0 aliphatic carbocycles. The van der Waals surface area contributed by atoms with Crippen LogP contribution in [0.15, 0.2) is 34.8 Å². The number of rotatable bonds is 4. The molecular formula is C12H20S. The van der Waals surface area contributed by atoms with Gasteiger partial charge in [-0.05, 0) is 37.7 Å². The Balaban J connectivity index is 4.90. The molecule has 0 aromatic rings. The molecule has 0 aromatic heterocycles. The number of hydrogen-bond acceptors (Lipinski definition) is 1. The summed E-state index contributed by atoms with van der Waals surface area (Å²) in [5.41, 5.74) is 2.81. The molecular weight excluding hydrogens is 176 g/mol. The van der Waals surface area contributed by atoms with E-state index in [4.69, 9.17) is 0 Å². The number of thioether (sulfide) groups is 1. The van der Waals surface area contributed by atoms with Gasteiger partial charge < -0.3 is 0 Å². The normalized spacial score (nSPS) is 11.7. The van der Waals surface area contributed by atoms with E-state index in [0.717, 1.165) is 0 Å². The van der Waals surface area contributed by atoms with Crippen LogP contribution in [-0.2, 0) is 0 Å². The van der Waals surface area contributed by atoms with Crippen molar-refractivity contribution in [1.82, 2.24) is 0 Å². The molecule has 0 radical (unpaired) electrons. The minimum absolute atomic E-state index is 0.590. The second-order valence-corrected chi connectivity index (χ2v) is 4.44. The van der Waals surface area contributed by atoms with Crippen molar-refractivity contribution in [3.8, 4) is 0 Å². The highest BCUT2D eigenvalue weighted by molar-refractivity contribution is 8.02. The standard InChI is InChI=1S/C12H20S/c1-7-11(13-6)8-12(9(2)3)10(4)5/h7-9H,1H2,2-6H3/b11-8+. The Morgan fingerprint density at radius 2 is 1.85 bits per heavy atom. The molecule has 0 fully saturated rings. The zero-order valence-electron chi connectivity index (χ0n) is 9.35. The lowest BCUT2D eigenvalue weighted by Gasteiger charge is -2.10. The Kier molecular flexibility index (Phi) is 5.89. The van der Waals surface area contributed by atoms with Crippen LogP contribution in [0.25, 0.3) is 0 Å². The highest BCUT2D eigenvalue weighted by atomic mass is 32.2. The van der Waals surface area contributed by atoms with Crippen LogP contribution >= 0.6 is 11.8 Å². The van der Waals surface area contributed by atoms with Crippen molar-refractivity contribution < 1.29 is 0 Å². The van der Waals surface area contributed by atoms with Crippen molar-refractivity contribution in [3.05, 3.63) is 34.8 Å². The minimum atomic E-state index is 0.590. The summed E-state index contributed by atoms with van der Waals surface area (Å²) in [6.07, 6.45) is 6.23. The van der Waals surface area contributed by atoms with Gasteiger partial charge in [-0.25, -0.2) is 0 Å². The first kappa shape index (κ1) is 12.6. The van der Waals surface area contributed by atoms with Gasteiger partial charge in [-0.15, -0.1) is 11.8 Å². The third kappa shape index (κ3) is 4.37. The van der Waals surface area contributed by atoms with Crippen LogP contribution in [0.1, 0.15) is 27.7 Å². The Labute approximate surface area is 86.8 Å². The molecule has 0 saturated carbocycles. The smallest absolute Gasteiger partial charge is 0.00660 e. The Morgan fingerprint density at radius 1 is 1.31 bits per heavy atom. The SMILES string of the molecule is C=C/C(=C\C(=C(C)C)C(C)C)SC. The lowest BCUT2D eigenvalue weighted by atomic mass is 9.98. The molecule has 0 amide bonds. The maximum atomic E-state index is 3.79. The average molecular weight is 196 g/mol. The van der Waals surface area contributed by atoms with Gasteiger partial charge in [0, 0.05) is 4.91 Å². The summed E-state index contributed by atoms with van der Waals surface area (Å²) in [5.74, 6) is 0.590. The fourth-order valence-electron chi connectivity index (χ4n) is 1.24. The Morgan fingerprint density at radius 3 is 2.08 bits per heavy atom. The van der Waals surface area contributed by atoms with Crippen molar-refractivity contribution >= 4 is 11.8 Å². The second-order valence-electron chi connectivity index (χ2n) is 3.56. The summed E-state index contributed by atoms with van der Waals surface area (Å²) in [5, 5.41) is 0. The van der Waals surface area contributed by atoms with Gasteiger partial charge in [-0.2, -0.15) is 0 Å². The van der Waals surface area contributed by atoms with Crippen molar-refractivity contribution in [2.45, 2.75) is 27.7 Å². The van der Waals surface area contributed by atoms with Crippen molar-refractivity contribution in [1.29, 1.82) is 0 Å². The molecule has 0 nitrogen and oxygen atoms in total. The topological polar surface area (TPSA) is 0 Å². The van der Waals surface area contributed by atoms with Crippen LogP contribution in [0.4, 0.5) is 0 Å². The van der Waals surface area contributed by atoms with Crippen molar-refractivity contribution in [2.24, 2.45) is 5.92 Å². The van der Waals surface area contributed by atoms with Crippen LogP contribution in [0.5, 0.6) is 0 Å². The van der Waals surface area contributed by atoms with Gasteiger partial charge >= 0.3 is 0 Å². The summed E-state index contributed by atoms with van der Waals surface area (Å²) in [4.78, 5) is 1.24. The summed E-state index contributed by atoms with van der Waals surface area (Å²) >= 11 is 1.74. The minimum Gasteiger partial charge on any atom is -0.130 e. The fraction of sp³-hybridized carbons (Fsp3) is 0.500. The molecule has 0 bridgehead atoms. The highest BCUT2D eigenvalue weighted by Gasteiger charge is 2.02. The van der Waals surface area contributed by atoms with E-state index in [1.807, 2.05) is 6.08 Å². The van der Waals surface area contributed by atoms with Crippen molar-refractivity contribution in [2.75, 3.05) is 6.26 Å². The largest absolute Gasteiger partial charge is 0.130 e. The van der Waals surface area contributed by atoms with Crippen molar-refractivity contribution in [3.63, 3.8) is 0 Å². The zero-order chi connectivity index (χ0) is 10.4. The van der Waals surface area contributed by atoms with Gasteiger partial charge in [0.1, 0.15) is 0 Å². The summed E-state index contributed by atoms with van der Waals surface area (Å²) in [6, 6.07) is 0. The van der Waals surface area contributed by atoms with E-state index in [-0.39, 0.29) is 0 Å². The maximum Gasteiger partial charge on any atom is 0.00660 e. The molecule has 0 spiro atoms. The number of hydrogen-bond donors (Lipinski definition) is 0. The molecule has 0 rings (SSSR count). The molecule has 0 unspecified atom stereocenters. The zero-order valence-corrected chi connectivity index (χ0v) is 10.2. The first-order chi connectivity index (χ1) is 6.02. The molecule has 0 aromatic carbocycles. The number of allylic oxidation sites excluding steroid dienone is 4. The molecule has 0 aliphatic heterocycles. The first-order valence-electron chi connectivity index (χ1n) is 4.58. The summed E-state index contributed by atoms with van der Waals surface area (Å²) < 4.78 is 0. The van der Waals surface area contributed by atoms with E-state index in [9.17, 15) is 0 Å². The predicted molar refractivity (Wildman–Crippen MR) is 65.0 cm³/mol. The van der Waals surface area contributed by atoms with Crippen LogP contribution in [-0.4, -0.2) is 6.26 Å². The van der Waals surface area contributed by atoms with E-state index in [2.05, 4.69) is 46.6 Å². The van der Waals surface area contributed by atoms with Crippen LogP contribution in [0.3, 0.4) is 0 Å². The molecule has 0 N–H and O–H groups in total. The van der Waals surface area contributed by atoms with Gasteiger partial charge in [0.15, 0.2) is 0 Å². The lowest BCUT2D eigenvalue weighted by molar-refractivity contribution is 0.779. The molecule has 74 valence electrons. The first-order valence-corrected chi connectivity index (χ1v) is 5.80. The van der Waals surface area contributed by atoms with Crippen LogP contribution in [0, 0.1) is 5.92 Å². The van der Waals surface area contributed by atoms with E-state index in [1.54, 1.807) is 11.8 Å². The van der Waals surface area contributed by atoms with Gasteiger partial charge in [0.2, 0.25) is 0 Å².